The van der Waals surface area contributed by atoms with Crippen molar-refractivity contribution in [2.24, 2.45) is 5.92 Å². The molecule has 2 atom stereocenters. The Morgan fingerprint density at radius 1 is 1.36 bits per heavy atom. The van der Waals surface area contributed by atoms with E-state index in [0.717, 1.165) is 11.1 Å². The van der Waals surface area contributed by atoms with E-state index < -0.39 is 0 Å². The normalized spacial score (nSPS) is 22.1. The minimum atomic E-state index is -0.375. The SMILES string of the molecule is C[C@@H](O)C1C=CC=C1c1cncnc1. The predicted octanol–water partition coefficient (Wildman–Crippen LogP) is 1.43. The molecular formula is C11H12N2O. The van der Waals surface area contributed by atoms with Gasteiger partial charge in [-0.25, -0.2) is 9.97 Å². The molecule has 1 unspecified atom stereocenters. The largest absolute Gasteiger partial charge is 0.392 e. The summed E-state index contributed by atoms with van der Waals surface area (Å²) in [5.74, 6) is 0.0704. The first-order chi connectivity index (χ1) is 6.79. The molecule has 0 aromatic carbocycles. The average Bonchev–Trinajstić information content (AvgIpc) is 2.67. The van der Waals surface area contributed by atoms with Gasteiger partial charge < -0.3 is 5.11 Å². The van der Waals surface area contributed by atoms with E-state index in [4.69, 9.17) is 0 Å². The molecule has 0 amide bonds. The summed E-state index contributed by atoms with van der Waals surface area (Å²) < 4.78 is 0. The van der Waals surface area contributed by atoms with E-state index in [1.807, 2.05) is 18.2 Å². The molecule has 1 aromatic heterocycles. The Balaban J connectivity index is 2.29. The summed E-state index contributed by atoms with van der Waals surface area (Å²) in [6, 6.07) is 0. The van der Waals surface area contributed by atoms with Gasteiger partial charge in [-0.05, 0) is 12.5 Å². The Morgan fingerprint density at radius 3 is 2.71 bits per heavy atom. The van der Waals surface area contributed by atoms with Crippen molar-refractivity contribution in [3.05, 3.63) is 42.5 Å². The maximum Gasteiger partial charge on any atom is 0.115 e. The number of aliphatic hydroxyl groups is 1. The molecule has 0 radical (unpaired) electrons. The smallest absolute Gasteiger partial charge is 0.115 e. The van der Waals surface area contributed by atoms with Gasteiger partial charge in [-0.15, -0.1) is 0 Å². The maximum absolute atomic E-state index is 9.55. The fourth-order valence-electron chi connectivity index (χ4n) is 1.65. The number of nitrogens with zero attached hydrogens (tertiary/aromatic N) is 2. The second-order valence-corrected chi connectivity index (χ2v) is 3.40. The summed E-state index contributed by atoms with van der Waals surface area (Å²) in [5.41, 5.74) is 2.06. The first-order valence-corrected chi connectivity index (χ1v) is 4.61. The Morgan fingerprint density at radius 2 is 2.07 bits per heavy atom. The van der Waals surface area contributed by atoms with Gasteiger partial charge in [0.2, 0.25) is 0 Å². The van der Waals surface area contributed by atoms with Crippen molar-refractivity contribution in [3.8, 4) is 0 Å². The van der Waals surface area contributed by atoms with Crippen LogP contribution in [-0.2, 0) is 0 Å². The predicted molar refractivity (Wildman–Crippen MR) is 54.3 cm³/mol. The fraction of sp³-hybridized carbons (Fsp3) is 0.273. The van der Waals surface area contributed by atoms with Crippen LogP contribution in [0.1, 0.15) is 12.5 Å². The highest BCUT2D eigenvalue weighted by Crippen LogP contribution is 2.30. The molecule has 0 saturated heterocycles. The van der Waals surface area contributed by atoms with Crippen molar-refractivity contribution in [1.29, 1.82) is 0 Å². The molecule has 3 heteroatoms. The van der Waals surface area contributed by atoms with Crippen LogP contribution in [0.15, 0.2) is 36.9 Å². The van der Waals surface area contributed by atoms with Gasteiger partial charge >= 0.3 is 0 Å². The van der Waals surface area contributed by atoms with Crippen LogP contribution >= 0.6 is 0 Å². The van der Waals surface area contributed by atoms with Gasteiger partial charge in [0.1, 0.15) is 6.33 Å². The van der Waals surface area contributed by atoms with Crippen molar-refractivity contribution in [1.82, 2.24) is 9.97 Å². The molecule has 2 rings (SSSR count). The van der Waals surface area contributed by atoms with Crippen molar-refractivity contribution in [3.63, 3.8) is 0 Å². The molecule has 14 heavy (non-hydrogen) atoms. The van der Waals surface area contributed by atoms with E-state index in [0.29, 0.717) is 0 Å². The van der Waals surface area contributed by atoms with Gasteiger partial charge in [0.15, 0.2) is 0 Å². The van der Waals surface area contributed by atoms with E-state index in [1.165, 1.54) is 6.33 Å². The number of allylic oxidation sites excluding steroid dienone is 2. The molecule has 1 heterocycles. The van der Waals surface area contributed by atoms with Gasteiger partial charge in [0.05, 0.1) is 6.10 Å². The first-order valence-electron chi connectivity index (χ1n) is 4.61. The molecule has 0 saturated carbocycles. The van der Waals surface area contributed by atoms with E-state index >= 15 is 0 Å². The lowest BCUT2D eigenvalue weighted by atomic mass is 9.93. The molecule has 0 fully saturated rings. The van der Waals surface area contributed by atoms with Gasteiger partial charge in [-0.1, -0.05) is 18.2 Å². The van der Waals surface area contributed by atoms with Crippen LogP contribution in [-0.4, -0.2) is 21.2 Å². The van der Waals surface area contributed by atoms with E-state index in [2.05, 4.69) is 9.97 Å². The zero-order valence-electron chi connectivity index (χ0n) is 7.96. The molecule has 0 aliphatic heterocycles. The third kappa shape index (κ3) is 1.59. The van der Waals surface area contributed by atoms with Crippen LogP contribution < -0.4 is 0 Å². The van der Waals surface area contributed by atoms with Crippen LogP contribution in [0.4, 0.5) is 0 Å². The Kier molecular flexibility index (Phi) is 2.41. The van der Waals surface area contributed by atoms with Crippen molar-refractivity contribution >= 4 is 5.57 Å². The van der Waals surface area contributed by atoms with Gasteiger partial charge in [0, 0.05) is 23.9 Å². The summed E-state index contributed by atoms with van der Waals surface area (Å²) in [5, 5.41) is 9.55. The quantitative estimate of drug-likeness (QED) is 0.763. The number of hydrogen-bond donors (Lipinski definition) is 1. The monoisotopic (exact) mass is 188 g/mol. The van der Waals surface area contributed by atoms with E-state index in [-0.39, 0.29) is 12.0 Å². The van der Waals surface area contributed by atoms with Gasteiger partial charge in [0.25, 0.3) is 0 Å². The zero-order chi connectivity index (χ0) is 9.97. The number of aliphatic hydroxyl groups excluding tert-OH is 1. The summed E-state index contributed by atoms with van der Waals surface area (Å²) in [4.78, 5) is 7.92. The van der Waals surface area contributed by atoms with Crippen LogP contribution in [0.3, 0.4) is 0 Å². The molecule has 72 valence electrons. The molecule has 0 spiro atoms. The highest BCUT2D eigenvalue weighted by Gasteiger charge is 2.20. The van der Waals surface area contributed by atoms with Crippen LogP contribution in [0.25, 0.3) is 5.57 Å². The van der Waals surface area contributed by atoms with E-state index in [1.54, 1.807) is 19.3 Å². The Labute approximate surface area is 82.8 Å². The van der Waals surface area contributed by atoms with Gasteiger partial charge in [-0.2, -0.15) is 0 Å². The lowest BCUT2D eigenvalue weighted by Gasteiger charge is -2.16. The molecule has 0 bridgehead atoms. The summed E-state index contributed by atoms with van der Waals surface area (Å²) >= 11 is 0. The highest BCUT2D eigenvalue weighted by atomic mass is 16.3. The lowest BCUT2D eigenvalue weighted by Crippen LogP contribution is -2.14. The van der Waals surface area contributed by atoms with Crippen molar-refractivity contribution in [2.45, 2.75) is 13.0 Å². The average molecular weight is 188 g/mol. The topological polar surface area (TPSA) is 46.0 Å². The third-order valence-corrected chi connectivity index (χ3v) is 2.37. The molecule has 1 aromatic rings. The first kappa shape index (κ1) is 9.09. The second-order valence-electron chi connectivity index (χ2n) is 3.40. The minimum absolute atomic E-state index is 0.0704. The summed E-state index contributed by atoms with van der Waals surface area (Å²) in [6.07, 6.45) is 10.6. The summed E-state index contributed by atoms with van der Waals surface area (Å²) in [7, 11) is 0. The standard InChI is InChI=1S/C11H12N2O/c1-8(14)10-3-2-4-11(10)9-5-12-7-13-6-9/h2-8,10,14H,1H3/t8-,10?/m1/s1. The molecule has 3 nitrogen and oxygen atoms in total. The number of hydrogen-bond acceptors (Lipinski definition) is 3. The van der Waals surface area contributed by atoms with Crippen molar-refractivity contribution in [2.75, 3.05) is 0 Å². The summed E-state index contributed by atoms with van der Waals surface area (Å²) in [6.45, 7) is 1.79. The zero-order valence-corrected chi connectivity index (χ0v) is 7.96. The molecular weight excluding hydrogens is 176 g/mol. The van der Waals surface area contributed by atoms with Crippen LogP contribution in [0, 0.1) is 5.92 Å². The number of aromatic nitrogens is 2. The van der Waals surface area contributed by atoms with Crippen LogP contribution in [0.5, 0.6) is 0 Å². The second kappa shape index (κ2) is 3.72. The maximum atomic E-state index is 9.55. The fourth-order valence-corrected chi connectivity index (χ4v) is 1.65. The molecule has 1 aliphatic carbocycles. The van der Waals surface area contributed by atoms with Gasteiger partial charge in [-0.3, -0.25) is 0 Å². The highest BCUT2D eigenvalue weighted by molar-refractivity contribution is 5.72. The third-order valence-electron chi connectivity index (χ3n) is 2.37. The van der Waals surface area contributed by atoms with E-state index in [9.17, 15) is 5.11 Å². The lowest BCUT2D eigenvalue weighted by molar-refractivity contribution is 0.173. The van der Waals surface area contributed by atoms with Crippen molar-refractivity contribution < 1.29 is 5.11 Å². The number of rotatable bonds is 2. The van der Waals surface area contributed by atoms with Crippen LogP contribution in [0.2, 0.25) is 0 Å². The minimum Gasteiger partial charge on any atom is -0.392 e. The Hall–Kier alpha value is -1.48. The molecule has 1 N–H and O–H groups in total. The molecule has 1 aliphatic rings. The Bertz CT molecular complexity index is 368.